The quantitative estimate of drug-likeness (QED) is 0.913. The third kappa shape index (κ3) is 3.58. The smallest absolute Gasteiger partial charge is 0.276 e. The highest BCUT2D eigenvalue weighted by molar-refractivity contribution is 5.92. The fourth-order valence-corrected chi connectivity index (χ4v) is 3.21. The van der Waals surface area contributed by atoms with Crippen molar-refractivity contribution in [2.45, 2.75) is 38.5 Å². The number of piperidine rings is 1. The molecule has 1 atom stereocenters. The maximum atomic E-state index is 12.7. The number of anilines is 1. The van der Waals surface area contributed by atoms with Gasteiger partial charge in [-0.05, 0) is 37.0 Å². The average Bonchev–Trinajstić information content (AvgIpc) is 3.10. The summed E-state index contributed by atoms with van der Waals surface area (Å²) < 4.78 is 5.24. The lowest BCUT2D eigenvalue weighted by molar-refractivity contribution is 0.0696. The Morgan fingerprint density at radius 2 is 2.33 bits per heavy atom. The molecule has 128 valence electrons. The number of hydrogen-bond acceptors (Lipinski definition) is 5. The van der Waals surface area contributed by atoms with E-state index in [2.05, 4.69) is 28.4 Å². The minimum absolute atomic E-state index is 0.0336. The molecule has 1 saturated heterocycles. The molecule has 1 amide bonds. The molecule has 3 heterocycles. The first kappa shape index (κ1) is 16.5. The van der Waals surface area contributed by atoms with E-state index in [0.29, 0.717) is 18.2 Å². The third-order valence-electron chi connectivity index (χ3n) is 4.49. The Hall–Kier alpha value is -2.37. The number of aryl methyl sites for hydroxylation is 1. The molecule has 6 nitrogen and oxygen atoms in total. The van der Waals surface area contributed by atoms with Crippen LogP contribution in [0.2, 0.25) is 0 Å². The van der Waals surface area contributed by atoms with Gasteiger partial charge in [0.05, 0.1) is 0 Å². The molecule has 2 aromatic rings. The average molecular weight is 328 g/mol. The summed E-state index contributed by atoms with van der Waals surface area (Å²) in [5.74, 6) is 1.94. The Kier molecular flexibility index (Phi) is 5.13. The predicted molar refractivity (Wildman–Crippen MR) is 92.2 cm³/mol. The first-order valence-corrected chi connectivity index (χ1v) is 8.59. The maximum absolute atomic E-state index is 12.7. The molecule has 2 aromatic heterocycles. The Morgan fingerprint density at radius 3 is 3.12 bits per heavy atom. The van der Waals surface area contributed by atoms with Crippen molar-refractivity contribution in [3.63, 3.8) is 0 Å². The van der Waals surface area contributed by atoms with E-state index in [1.807, 2.05) is 24.2 Å². The van der Waals surface area contributed by atoms with Crippen LogP contribution in [0.1, 0.15) is 53.9 Å². The Labute approximate surface area is 142 Å². The SMILES string of the molecule is CCCc1cc(C(=O)N2CCC[C@@H](c3ccnc(NC)c3)C2)no1. The van der Waals surface area contributed by atoms with Crippen molar-refractivity contribution in [3.8, 4) is 0 Å². The number of rotatable bonds is 5. The highest BCUT2D eigenvalue weighted by atomic mass is 16.5. The lowest BCUT2D eigenvalue weighted by Crippen LogP contribution is -2.39. The van der Waals surface area contributed by atoms with Crippen LogP contribution in [0.3, 0.4) is 0 Å². The van der Waals surface area contributed by atoms with Crippen LogP contribution in [0.15, 0.2) is 28.9 Å². The number of pyridine rings is 1. The Balaban J connectivity index is 1.71. The molecule has 0 radical (unpaired) electrons. The van der Waals surface area contributed by atoms with Crippen LogP contribution in [0.5, 0.6) is 0 Å². The predicted octanol–water partition coefficient (Wildman–Crippen LogP) is 3.08. The van der Waals surface area contributed by atoms with Crippen LogP contribution in [-0.2, 0) is 6.42 Å². The van der Waals surface area contributed by atoms with E-state index in [4.69, 9.17) is 4.52 Å². The number of nitrogens with zero attached hydrogens (tertiary/aromatic N) is 3. The highest BCUT2D eigenvalue weighted by Gasteiger charge is 2.27. The normalized spacial score (nSPS) is 17.8. The van der Waals surface area contributed by atoms with E-state index in [9.17, 15) is 4.79 Å². The van der Waals surface area contributed by atoms with Crippen molar-refractivity contribution in [2.24, 2.45) is 0 Å². The van der Waals surface area contributed by atoms with Crippen LogP contribution in [0, 0.1) is 0 Å². The van der Waals surface area contributed by atoms with Gasteiger partial charge in [-0.3, -0.25) is 4.79 Å². The van der Waals surface area contributed by atoms with Gasteiger partial charge in [-0.1, -0.05) is 12.1 Å². The van der Waals surface area contributed by atoms with E-state index < -0.39 is 0 Å². The van der Waals surface area contributed by atoms with Gasteiger partial charge in [0.2, 0.25) is 0 Å². The van der Waals surface area contributed by atoms with Gasteiger partial charge in [0.15, 0.2) is 5.69 Å². The second kappa shape index (κ2) is 7.47. The molecule has 1 N–H and O–H groups in total. The molecule has 0 spiro atoms. The van der Waals surface area contributed by atoms with Crippen molar-refractivity contribution >= 4 is 11.7 Å². The van der Waals surface area contributed by atoms with Gasteiger partial charge in [-0.2, -0.15) is 0 Å². The van der Waals surface area contributed by atoms with Crippen LogP contribution < -0.4 is 5.32 Å². The zero-order chi connectivity index (χ0) is 16.9. The second-order valence-electron chi connectivity index (χ2n) is 6.24. The summed E-state index contributed by atoms with van der Waals surface area (Å²) in [4.78, 5) is 18.8. The van der Waals surface area contributed by atoms with E-state index in [0.717, 1.165) is 43.8 Å². The molecular formula is C18H24N4O2. The lowest BCUT2D eigenvalue weighted by Gasteiger charge is -2.32. The van der Waals surface area contributed by atoms with Crippen molar-refractivity contribution in [2.75, 3.05) is 25.5 Å². The fraction of sp³-hybridized carbons (Fsp3) is 0.500. The van der Waals surface area contributed by atoms with Gasteiger partial charge in [-0.25, -0.2) is 4.98 Å². The molecule has 6 heteroatoms. The first-order valence-electron chi connectivity index (χ1n) is 8.59. The Bertz CT molecular complexity index is 698. The Morgan fingerprint density at radius 1 is 1.46 bits per heavy atom. The van der Waals surface area contributed by atoms with Gasteiger partial charge >= 0.3 is 0 Å². The number of amides is 1. The zero-order valence-corrected chi connectivity index (χ0v) is 14.3. The van der Waals surface area contributed by atoms with Crippen molar-refractivity contribution in [1.82, 2.24) is 15.0 Å². The minimum atomic E-state index is -0.0336. The second-order valence-corrected chi connectivity index (χ2v) is 6.24. The molecule has 1 aliphatic rings. The number of carbonyl (C=O) groups excluding carboxylic acids is 1. The van der Waals surface area contributed by atoms with Gasteiger partial charge in [0, 0.05) is 44.7 Å². The van der Waals surface area contributed by atoms with Crippen LogP contribution in [0.25, 0.3) is 0 Å². The summed E-state index contributed by atoms with van der Waals surface area (Å²) in [6.07, 6.45) is 5.68. The highest BCUT2D eigenvalue weighted by Crippen LogP contribution is 2.28. The number of nitrogens with one attached hydrogen (secondary N) is 1. The van der Waals surface area contributed by atoms with Gasteiger partial charge < -0.3 is 14.7 Å². The van der Waals surface area contributed by atoms with Gasteiger partial charge in [-0.15, -0.1) is 0 Å². The molecular weight excluding hydrogens is 304 g/mol. The van der Waals surface area contributed by atoms with Gasteiger partial charge in [0.25, 0.3) is 5.91 Å². The number of likely N-dealkylation sites (tertiary alicyclic amines) is 1. The molecule has 1 fully saturated rings. The van der Waals surface area contributed by atoms with Gasteiger partial charge in [0.1, 0.15) is 11.6 Å². The molecule has 0 saturated carbocycles. The van der Waals surface area contributed by atoms with Crippen molar-refractivity contribution < 1.29 is 9.32 Å². The number of carbonyl (C=O) groups is 1. The van der Waals surface area contributed by atoms with Crippen LogP contribution in [-0.4, -0.2) is 41.1 Å². The molecule has 1 aliphatic heterocycles. The minimum Gasteiger partial charge on any atom is -0.373 e. The van der Waals surface area contributed by atoms with Crippen molar-refractivity contribution in [3.05, 3.63) is 41.4 Å². The first-order chi connectivity index (χ1) is 11.7. The molecule has 3 rings (SSSR count). The van der Waals surface area contributed by atoms with Crippen LogP contribution in [0.4, 0.5) is 5.82 Å². The fourth-order valence-electron chi connectivity index (χ4n) is 3.21. The number of aromatic nitrogens is 2. The summed E-state index contributed by atoms with van der Waals surface area (Å²) in [5.41, 5.74) is 1.64. The van der Waals surface area contributed by atoms with E-state index in [1.165, 1.54) is 5.56 Å². The third-order valence-corrected chi connectivity index (χ3v) is 4.49. The topological polar surface area (TPSA) is 71.3 Å². The molecule has 0 bridgehead atoms. The number of hydrogen-bond donors (Lipinski definition) is 1. The van der Waals surface area contributed by atoms with Crippen molar-refractivity contribution in [1.29, 1.82) is 0 Å². The van der Waals surface area contributed by atoms with E-state index in [-0.39, 0.29) is 5.91 Å². The molecule has 0 unspecified atom stereocenters. The molecule has 24 heavy (non-hydrogen) atoms. The summed E-state index contributed by atoms with van der Waals surface area (Å²) in [6, 6.07) is 5.88. The summed E-state index contributed by atoms with van der Waals surface area (Å²) >= 11 is 0. The van der Waals surface area contributed by atoms with E-state index in [1.54, 1.807) is 6.07 Å². The lowest BCUT2D eigenvalue weighted by atomic mass is 9.91. The summed E-state index contributed by atoms with van der Waals surface area (Å²) in [6.45, 7) is 3.56. The van der Waals surface area contributed by atoms with E-state index >= 15 is 0 Å². The molecule has 0 aliphatic carbocycles. The monoisotopic (exact) mass is 328 g/mol. The van der Waals surface area contributed by atoms with Crippen LogP contribution >= 0.6 is 0 Å². The summed E-state index contributed by atoms with van der Waals surface area (Å²) in [5, 5.41) is 7.02. The standard InChI is InChI=1S/C18H24N4O2/c1-3-5-15-11-16(21-24-15)18(23)22-9-4-6-14(12-22)13-7-8-20-17(10-13)19-2/h7-8,10-11,14H,3-6,9,12H2,1-2H3,(H,19,20)/t14-/m1/s1. The molecule has 0 aromatic carbocycles. The largest absolute Gasteiger partial charge is 0.373 e. The zero-order valence-electron chi connectivity index (χ0n) is 14.3. The maximum Gasteiger partial charge on any atom is 0.276 e. The summed E-state index contributed by atoms with van der Waals surface area (Å²) in [7, 11) is 1.86.